The van der Waals surface area contributed by atoms with E-state index in [2.05, 4.69) is 6.92 Å². The van der Waals surface area contributed by atoms with Gasteiger partial charge >= 0.3 is 0 Å². The third-order valence-electron chi connectivity index (χ3n) is 3.46. The Balaban J connectivity index is 2.62. The molecule has 1 aliphatic heterocycles. The lowest BCUT2D eigenvalue weighted by Gasteiger charge is -2.34. The smallest absolute Gasteiger partial charge is 0.281 e. The zero-order chi connectivity index (χ0) is 12.9. The largest absolute Gasteiger partial charge is 0.330 e. The first-order chi connectivity index (χ1) is 8.02. The highest BCUT2D eigenvalue weighted by Crippen LogP contribution is 2.22. The predicted molar refractivity (Wildman–Crippen MR) is 69.8 cm³/mol. The lowest BCUT2D eigenvalue weighted by atomic mass is 9.97. The second kappa shape index (κ2) is 6.68. The summed E-state index contributed by atoms with van der Waals surface area (Å²) in [4.78, 5) is 0. The molecule has 0 saturated carbocycles. The van der Waals surface area contributed by atoms with Gasteiger partial charge in [-0.3, -0.25) is 0 Å². The fourth-order valence-corrected chi connectivity index (χ4v) is 3.71. The minimum absolute atomic E-state index is 0.506. The van der Waals surface area contributed by atoms with Crippen molar-refractivity contribution < 1.29 is 8.42 Å². The lowest BCUT2D eigenvalue weighted by Crippen LogP contribution is -2.47. The van der Waals surface area contributed by atoms with Crippen LogP contribution in [0.5, 0.6) is 0 Å². The summed E-state index contributed by atoms with van der Waals surface area (Å²) in [6.45, 7) is 4.49. The van der Waals surface area contributed by atoms with E-state index in [-0.39, 0.29) is 0 Å². The summed E-state index contributed by atoms with van der Waals surface area (Å²) in [6.07, 6.45) is 3.89. The maximum atomic E-state index is 12.3. The fourth-order valence-electron chi connectivity index (χ4n) is 2.20. The van der Waals surface area contributed by atoms with Crippen LogP contribution in [0.2, 0.25) is 0 Å². The lowest BCUT2D eigenvalue weighted by molar-refractivity contribution is 0.247. The molecular weight excluding hydrogens is 238 g/mol. The summed E-state index contributed by atoms with van der Waals surface area (Å²) in [6, 6.07) is 0. The molecule has 1 unspecified atom stereocenters. The van der Waals surface area contributed by atoms with E-state index in [1.807, 2.05) is 0 Å². The molecule has 1 rings (SSSR count). The molecule has 0 aromatic heterocycles. The first kappa shape index (κ1) is 14.9. The van der Waals surface area contributed by atoms with E-state index in [0.29, 0.717) is 38.5 Å². The van der Waals surface area contributed by atoms with Gasteiger partial charge in [-0.2, -0.15) is 17.0 Å². The molecule has 1 heterocycles. The number of nitrogens with zero attached hydrogens (tertiary/aromatic N) is 2. The monoisotopic (exact) mass is 263 g/mol. The van der Waals surface area contributed by atoms with E-state index < -0.39 is 10.2 Å². The second-order valence-electron chi connectivity index (χ2n) is 4.75. The summed E-state index contributed by atoms with van der Waals surface area (Å²) >= 11 is 0. The van der Waals surface area contributed by atoms with Crippen LogP contribution in [-0.2, 0) is 10.2 Å². The molecule has 1 fully saturated rings. The minimum atomic E-state index is -3.27. The average molecular weight is 263 g/mol. The Morgan fingerprint density at radius 1 is 1.47 bits per heavy atom. The Kier molecular flexibility index (Phi) is 5.85. The molecule has 6 heteroatoms. The van der Waals surface area contributed by atoms with Crippen LogP contribution in [0.25, 0.3) is 0 Å². The highest BCUT2D eigenvalue weighted by molar-refractivity contribution is 7.86. The highest BCUT2D eigenvalue weighted by Gasteiger charge is 2.30. The second-order valence-corrected chi connectivity index (χ2v) is 6.78. The molecule has 0 bridgehead atoms. The zero-order valence-corrected chi connectivity index (χ0v) is 11.7. The summed E-state index contributed by atoms with van der Waals surface area (Å²) < 4.78 is 27.6. The van der Waals surface area contributed by atoms with Gasteiger partial charge in [0.2, 0.25) is 0 Å². The van der Waals surface area contributed by atoms with E-state index in [9.17, 15) is 8.42 Å². The maximum absolute atomic E-state index is 12.3. The summed E-state index contributed by atoms with van der Waals surface area (Å²) in [5.74, 6) is 0.515. The van der Waals surface area contributed by atoms with Crippen molar-refractivity contribution in [3.63, 3.8) is 0 Å². The first-order valence-electron chi connectivity index (χ1n) is 6.43. The molecule has 1 aliphatic rings. The Bertz CT molecular complexity index is 319. The first-order valence-corrected chi connectivity index (χ1v) is 7.83. The van der Waals surface area contributed by atoms with E-state index >= 15 is 0 Å². The Hall–Kier alpha value is -0.170. The number of piperidine rings is 1. The van der Waals surface area contributed by atoms with Crippen LogP contribution < -0.4 is 5.73 Å². The minimum Gasteiger partial charge on any atom is -0.330 e. The van der Waals surface area contributed by atoms with Crippen molar-refractivity contribution in [3.05, 3.63) is 0 Å². The molecule has 2 N–H and O–H groups in total. The summed E-state index contributed by atoms with van der Waals surface area (Å²) in [5, 5.41) is 0. The number of hydrogen-bond acceptors (Lipinski definition) is 3. The van der Waals surface area contributed by atoms with Crippen LogP contribution in [0.15, 0.2) is 0 Å². The van der Waals surface area contributed by atoms with Crippen LogP contribution in [-0.4, -0.2) is 50.3 Å². The van der Waals surface area contributed by atoms with Crippen molar-refractivity contribution in [3.8, 4) is 0 Å². The van der Waals surface area contributed by atoms with Crippen LogP contribution in [0.1, 0.15) is 32.6 Å². The van der Waals surface area contributed by atoms with Gasteiger partial charge in [-0.05, 0) is 31.7 Å². The van der Waals surface area contributed by atoms with Crippen LogP contribution >= 0.6 is 0 Å². The van der Waals surface area contributed by atoms with Gasteiger partial charge in [-0.25, -0.2) is 0 Å². The topological polar surface area (TPSA) is 66.6 Å². The molecule has 0 aromatic rings. The predicted octanol–water partition coefficient (Wildman–Crippen LogP) is 0.634. The van der Waals surface area contributed by atoms with Gasteiger partial charge in [0.05, 0.1) is 0 Å². The Morgan fingerprint density at radius 3 is 2.76 bits per heavy atom. The third-order valence-corrected chi connectivity index (χ3v) is 5.41. The van der Waals surface area contributed by atoms with Gasteiger partial charge < -0.3 is 5.73 Å². The molecule has 102 valence electrons. The standard InChI is InChI=1S/C11H25N3O2S/c1-3-11-6-4-9-14(10-11)17(15,16)13(2)8-5-7-12/h11H,3-10,12H2,1-2H3. The Morgan fingerprint density at radius 2 is 2.18 bits per heavy atom. The van der Waals surface area contributed by atoms with Gasteiger partial charge in [0, 0.05) is 26.7 Å². The van der Waals surface area contributed by atoms with Crippen molar-refractivity contribution in [2.24, 2.45) is 11.7 Å². The molecule has 5 nitrogen and oxygen atoms in total. The van der Waals surface area contributed by atoms with Gasteiger partial charge in [0.15, 0.2) is 0 Å². The third kappa shape index (κ3) is 3.91. The molecule has 0 aliphatic carbocycles. The van der Waals surface area contributed by atoms with Crippen molar-refractivity contribution in [1.29, 1.82) is 0 Å². The molecule has 0 amide bonds. The SMILES string of the molecule is CCC1CCCN(S(=O)(=O)N(C)CCCN)C1. The van der Waals surface area contributed by atoms with E-state index in [1.54, 1.807) is 11.4 Å². The van der Waals surface area contributed by atoms with Gasteiger partial charge in [-0.15, -0.1) is 0 Å². The van der Waals surface area contributed by atoms with Gasteiger partial charge in [-0.1, -0.05) is 13.3 Å². The molecular formula is C11H25N3O2S. The average Bonchev–Trinajstić information content (AvgIpc) is 2.35. The van der Waals surface area contributed by atoms with Crippen molar-refractivity contribution >= 4 is 10.2 Å². The van der Waals surface area contributed by atoms with Gasteiger partial charge in [0.25, 0.3) is 10.2 Å². The molecule has 1 saturated heterocycles. The molecule has 17 heavy (non-hydrogen) atoms. The normalized spacial score (nSPS) is 23.2. The maximum Gasteiger partial charge on any atom is 0.281 e. The highest BCUT2D eigenvalue weighted by atomic mass is 32.2. The van der Waals surface area contributed by atoms with Crippen LogP contribution in [0.4, 0.5) is 0 Å². The Labute approximate surface area is 105 Å². The molecule has 0 spiro atoms. The number of hydrogen-bond donors (Lipinski definition) is 1. The number of nitrogens with two attached hydrogens (primary N) is 1. The van der Waals surface area contributed by atoms with Crippen LogP contribution in [0, 0.1) is 5.92 Å². The summed E-state index contributed by atoms with van der Waals surface area (Å²) in [5.41, 5.74) is 5.41. The molecule has 0 radical (unpaired) electrons. The molecule has 1 atom stereocenters. The number of rotatable bonds is 6. The van der Waals surface area contributed by atoms with Gasteiger partial charge in [0.1, 0.15) is 0 Å². The van der Waals surface area contributed by atoms with Crippen molar-refractivity contribution in [2.75, 3.05) is 33.2 Å². The van der Waals surface area contributed by atoms with Crippen LogP contribution in [0.3, 0.4) is 0 Å². The van der Waals surface area contributed by atoms with Crippen molar-refractivity contribution in [1.82, 2.24) is 8.61 Å². The quantitative estimate of drug-likeness (QED) is 0.764. The van der Waals surface area contributed by atoms with E-state index in [4.69, 9.17) is 5.73 Å². The van der Waals surface area contributed by atoms with E-state index in [0.717, 1.165) is 19.3 Å². The van der Waals surface area contributed by atoms with Crippen molar-refractivity contribution in [2.45, 2.75) is 32.6 Å². The summed E-state index contributed by atoms with van der Waals surface area (Å²) in [7, 11) is -1.63. The zero-order valence-electron chi connectivity index (χ0n) is 10.9. The molecule has 0 aromatic carbocycles. The van der Waals surface area contributed by atoms with E-state index in [1.165, 1.54) is 4.31 Å². The fraction of sp³-hybridized carbons (Fsp3) is 1.00.